The molecule has 1 aliphatic heterocycles. The van der Waals surface area contributed by atoms with Gasteiger partial charge in [-0.25, -0.2) is 5.10 Å². The van der Waals surface area contributed by atoms with Crippen molar-refractivity contribution in [3.8, 4) is 5.82 Å². The van der Waals surface area contributed by atoms with Gasteiger partial charge in [0.15, 0.2) is 5.82 Å². The zero-order chi connectivity index (χ0) is 18.4. The highest BCUT2D eigenvalue weighted by Gasteiger charge is 2.33. The van der Waals surface area contributed by atoms with Gasteiger partial charge < -0.3 is 5.32 Å². The Labute approximate surface area is 157 Å². The highest BCUT2D eigenvalue weighted by atomic mass is 35.5. The van der Waals surface area contributed by atoms with Gasteiger partial charge in [-0.2, -0.15) is 14.9 Å². The molecule has 9 heteroatoms. The molecule has 132 valence electrons. The van der Waals surface area contributed by atoms with E-state index in [9.17, 15) is 9.59 Å². The lowest BCUT2D eigenvalue weighted by Gasteiger charge is -2.25. The third-order valence-corrected chi connectivity index (χ3v) is 4.88. The molecule has 0 saturated heterocycles. The number of benzene rings is 1. The number of anilines is 1. The summed E-state index contributed by atoms with van der Waals surface area (Å²) in [4.78, 5) is 23.6. The molecular formula is C17H13Cl2N5O2. The number of nitrogens with one attached hydrogen (secondary N) is 2. The molecule has 2 aromatic heterocycles. The largest absolute Gasteiger partial charge is 0.310 e. The summed E-state index contributed by atoms with van der Waals surface area (Å²) in [6, 6.07) is 8.12. The van der Waals surface area contributed by atoms with E-state index < -0.39 is 0 Å². The Hall–Kier alpha value is -2.64. The second kappa shape index (κ2) is 6.26. The maximum absolute atomic E-state index is 12.3. The van der Waals surface area contributed by atoms with Crippen LogP contribution in [-0.2, 0) is 4.79 Å². The maximum Gasteiger partial charge on any atom is 0.264 e. The minimum Gasteiger partial charge on any atom is -0.310 e. The summed E-state index contributed by atoms with van der Waals surface area (Å²) in [6.45, 7) is 1.86. The highest BCUT2D eigenvalue weighted by Crippen LogP contribution is 2.42. The smallest absolute Gasteiger partial charge is 0.264 e. The van der Waals surface area contributed by atoms with E-state index in [1.807, 2.05) is 13.0 Å². The van der Waals surface area contributed by atoms with Crippen molar-refractivity contribution in [2.45, 2.75) is 19.3 Å². The molecule has 3 heterocycles. The van der Waals surface area contributed by atoms with Gasteiger partial charge in [-0.15, -0.1) is 0 Å². The average Bonchev–Trinajstić information content (AvgIpc) is 2.91. The molecule has 1 amide bonds. The number of hydrogen-bond acceptors (Lipinski definition) is 4. The molecule has 1 aromatic carbocycles. The molecule has 3 aromatic rings. The topological polar surface area (TPSA) is 92.7 Å². The summed E-state index contributed by atoms with van der Waals surface area (Å²) in [5.74, 6) is 0.519. The quantitative estimate of drug-likeness (QED) is 0.704. The highest BCUT2D eigenvalue weighted by molar-refractivity contribution is 6.35. The Morgan fingerprint density at radius 2 is 2.00 bits per heavy atom. The Morgan fingerprint density at radius 3 is 2.69 bits per heavy atom. The Kier molecular flexibility index (Phi) is 4.05. The summed E-state index contributed by atoms with van der Waals surface area (Å²) < 4.78 is 1.51. The molecule has 26 heavy (non-hydrogen) atoms. The molecule has 0 bridgehead atoms. The number of carbonyl (C=O) groups excluding carboxylic acids is 1. The molecule has 1 aliphatic rings. The number of aromatic amines is 1. The number of nitrogens with zero attached hydrogens (tertiary/aromatic N) is 3. The van der Waals surface area contributed by atoms with Gasteiger partial charge in [0.2, 0.25) is 5.91 Å². The van der Waals surface area contributed by atoms with E-state index in [-0.39, 0.29) is 23.8 Å². The monoisotopic (exact) mass is 389 g/mol. The molecule has 0 spiro atoms. The second-order valence-corrected chi connectivity index (χ2v) is 6.85. The van der Waals surface area contributed by atoms with Crippen LogP contribution < -0.4 is 10.9 Å². The number of aromatic nitrogens is 4. The fraction of sp³-hybridized carbons (Fsp3) is 0.176. The fourth-order valence-corrected chi connectivity index (χ4v) is 3.76. The van der Waals surface area contributed by atoms with Gasteiger partial charge >= 0.3 is 0 Å². The lowest BCUT2D eigenvalue weighted by Crippen LogP contribution is -2.25. The molecule has 2 N–H and O–H groups in total. The van der Waals surface area contributed by atoms with Crippen LogP contribution in [0, 0.1) is 6.92 Å². The standard InChI is InChI=1S/C17H13Cl2N5O2/c1-8-16-11(10-3-2-9(18)6-12(10)19)7-15(26)20-17(16)24(23-8)13-4-5-14(25)22-21-13/h2-6,11H,7H2,1H3,(H,20,26)(H,22,25). The lowest BCUT2D eigenvalue weighted by molar-refractivity contribution is -0.116. The van der Waals surface area contributed by atoms with Gasteiger partial charge in [0.05, 0.1) is 5.69 Å². The third-order valence-electron chi connectivity index (χ3n) is 4.32. The normalized spacial score (nSPS) is 16.3. The van der Waals surface area contributed by atoms with Crippen molar-refractivity contribution in [1.29, 1.82) is 0 Å². The van der Waals surface area contributed by atoms with E-state index in [4.69, 9.17) is 23.2 Å². The molecule has 0 aliphatic carbocycles. The van der Waals surface area contributed by atoms with Crippen molar-refractivity contribution in [2.24, 2.45) is 0 Å². The average molecular weight is 390 g/mol. The number of carbonyl (C=O) groups is 1. The van der Waals surface area contributed by atoms with E-state index in [2.05, 4.69) is 20.6 Å². The summed E-state index contributed by atoms with van der Waals surface area (Å²) >= 11 is 12.4. The van der Waals surface area contributed by atoms with Crippen molar-refractivity contribution < 1.29 is 4.79 Å². The van der Waals surface area contributed by atoms with Crippen LogP contribution in [0.2, 0.25) is 10.0 Å². The van der Waals surface area contributed by atoms with Gasteiger partial charge in [0.1, 0.15) is 5.82 Å². The van der Waals surface area contributed by atoms with Crippen LogP contribution in [0.1, 0.15) is 29.2 Å². The number of halogens is 2. The first-order valence-electron chi connectivity index (χ1n) is 7.84. The van der Waals surface area contributed by atoms with Crippen LogP contribution >= 0.6 is 23.2 Å². The maximum atomic E-state index is 12.3. The van der Waals surface area contributed by atoms with Crippen LogP contribution in [0.3, 0.4) is 0 Å². The first-order chi connectivity index (χ1) is 12.4. The first-order valence-corrected chi connectivity index (χ1v) is 8.60. The molecule has 7 nitrogen and oxygen atoms in total. The zero-order valence-corrected chi connectivity index (χ0v) is 15.1. The van der Waals surface area contributed by atoms with Crippen molar-refractivity contribution >= 4 is 34.9 Å². The van der Waals surface area contributed by atoms with E-state index in [1.165, 1.54) is 16.8 Å². The van der Waals surface area contributed by atoms with Gasteiger partial charge in [-0.05, 0) is 30.7 Å². The Morgan fingerprint density at radius 1 is 1.19 bits per heavy atom. The number of aryl methyl sites for hydroxylation is 1. The zero-order valence-electron chi connectivity index (χ0n) is 13.6. The van der Waals surface area contributed by atoms with Crippen molar-refractivity contribution in [3.63, 3.8) is 0 Å². The van der Waals surface area contributed by atoms with Gasteiger partial charge in [-0.1, -0.05) is 29.3 Å². The van der Waals surface area contributed by atoms with Crippen LogP contribution in [-0.4, -0.2) is 25.9 Å². The molecule has 0 saturated carbocycles. The Balaban J connectivity index is 1.89. The molecule has 1 unspecified atom stereocenters. The number of amides is 1. The lowest BCUT2D eigenvalue weighted by atomic mass is 9.86. The first kappa shape index (κ1) is 16.8. The van der Waals surface area contributed by atoms with Crippen LogP contribution in [0.5, 0.6) is 0 Å². The molecule has 0 fully saturated rings. The summed E-state index contributed by atoms with van der Waals surface area (Å²) in [5.41, 5.74) is 2.09. The molecular weight excluding hydrogens is 377 g/mol. The van der Waals surface area contributed by atoms with Gasteiger partial charge in [0, 0.05) is 34.0 Å². The van der Waals surface area contributed by atoms with Crippen molar-refractivity contribution in [1.82, 2.24) is 20.0 Å². The number of H-pyrrole nitrogens is 1. The molecule has 0 radical (unpaired) electrons. The summed E-state index contributed by atoms with van der Waals surface area (Å²) in [5, 5.41) is 14.7. The van der Waals surface area contributed by atoms with Crippen LogP contribution in [0.15, 0.2) is 35.1 Å². The van der Waals surface area contributed by atoms with E-state index >= 15 is 0 Å². The predicted molar refractivity (Wildman–Crippen MR) is 98.3 cm³/mol. The van der Waals surface area contributed by atoms with Crippen LogP contribution in [0.4, 0.5) is 5.82 Å². The minimum absolute atomic E-state index is 0.154. The number of rotatable bonds is 2. The minimum atomic E-state index is -0.318. The summed E-state index contributed by atoms with van der Waals surface area (Å²) in [7, 11) is 0. The third kappa shape index (κ3) is 2.79. The number of hydrogen-bond donors (Lipinski definition) is 2. The predicted octanol–water partition coefficient (Wildman–Crippen LogP) is 3.04. The summed E-state index contributed by atoms with van der Waals surface area (Å²) in [6.07, 6.45) is 0.250. The van der Waals surface area contributed by atoms with Crippen molar-refractivity contribution in [2.75, 3.05) is 5.32 Å². The second-order valence-electron chi connectivity index (χ2n) is 6.01. The van der Waals surface area contributed by atoms with Crippen LogP contribution in [0.25, 0.3) is 5.82 Å². The fourth-order valence-electron chi connectivity index (χ4n) is 3.22. The van der Waals surface area contributed by atoms with E-state index in [0.717, 1.165) is 16.8 Å². The van der Waals surface area contributed by atoms with Gasteiger partial charge in [-0.3, -0.25) is 9.59 Å². The molecule has 1 atom stereocenters. The Bertz CT molecular complexity index is 1070. The van der Waals surface area contributed by atoms with Crippen molar-refractivity contribution in [3.05, 3.63) is 67.6 Å². The SMILES string of the molecule is Cc1nn(-c2ccc(=O)[nH]n2)c2c1C(c1ccc(Cl)cc1Cl)CC(=O)N2. The van der Waals surface area contributed by atoms with Gasteiger partial charge in [0.25, 0.3) is 5.56 Å². The molecule has 4 rings (SSSR count). The van der Waals surface area contributed by atoms with E-state index in [1.54, 1.807) is 12.1 Å². The number of fused-ring (bicyclic) bond motifs is 1. The van der Waals surface area contributed by atoms with E-state index in [0.29, 0.717) is 21.7 Å².